The number of halogens is 3. The van der Waals surface area contributed by atoms with Crippen LogP contribution in [0.25, 0.3) is 11.4 Å². The van der Waals surface area contributed by atoms with Gasteiger partial charge in [0.2, 0.25) is 11.1 Å². The van der Waals surface area contributed by atoms with Crippen molar-refractivity contribution in [1.82, 2.24) is 20.2 Å². The number of hydrogen-bond acceptors (Lipinski definition) is 6. The van der Waals surface area contributed by atoms with Gasteiger partial charge in [-0.1, -0.05) is 23.9 Å². The quantitative estimate of drug-likeness (QED) is 0.400. The first-order valence-corrected chi connectivity index (χ1v) is 10.1. The lowest BCUT2D eigenvalue weighted by Crippen LogP contribution is -2.33. The molecule has 0 aliphatic heterocycles. The molecule has 2 unspecified atom stereocenters. The molecular formula is C20H20F3N5O2S. The molecule has 3 N–H and O–H groups in total. The van der Waals surface area contributed by atoms with E-state index in [2.05, 4.69) is 20.3 Å². The van der Waals surface area contributed by atoms with Crippen molar-refractivity contribution in [3.8, 4) is 17.1 Å². The number of ether oxygens (including phenoxy) is 1. The molecule has 0 bridgehead atoms. The first kappa shape index (κ1) is 22.5. The van der Waals surface area contributed by atoms with E-state index >= 15 is 0 Å². The SMILES string of the molecule is CC(Sc1nnc(-c2ccc(OC(F)F)cc2)n1N)C(=O)NC(C)c1ccc(F)cc1. The lowest BCUT2D eigenvalue weighted by molar-refractivity contribution is -0.120. The molecule has 0 aliphatic carbocycles. The maximum Gasteiger partial charge on any atom is 0.387 e. The molecule has 0 radical (unpaired) electrons. The van der Waals surface area contributed by atoms with Gasteiger partial charge in [-0.05, 0) is 55.8 Å². The minimum atomic E-state index is -2.91. The summed E-state index contributed by atoms with van der Waals surface area (Å²) in [6.07, 6.45) is 0. The molecule has 3 aromatic rings. The van der Waals surface area contributed by atoms with E-state index in [9.17, 15) is 18.0 Å². The van der Waals surface area contributed by atoms with Crippen molar-refractivity contribution < 1.29 is 22.7 Å². The minimum Gasteiger partial charge on any atom is -0.435 e. The van der Waals surface area contributed by atoms with Gasteiger partial charge in [0.1, 0.15) is 11.6 Å². The van der Waals surface area contributed by atoms with E-state index in [0.717, 1.165) is 17.3 Å². The van der Waals surface area contributed by atoms with Crippen molar-refractivity contribution in [2.24, 2.45) is 0 Å². The van der Waals surface area contributed by atoms with Gasteiger partial charge in [0.05, 0.1) is 11.3 Å². The predicted octanol–water partition coefficient (Wildman–Crippen LogP) is 3.76. The van der Waals surface area contributed by atoms with Crippen molar-refractivity contribution in [2.45, 2.75) is 36.9 Å². The molecule has 0 saturated heterocycles. The Morgan fingerprint density at radius 1 is 1.10 bits per heavy atom. The molecule has 2 atom stereocenters. The Bertz CT molecular complexity index is 1030. The highest BCUT2D eigenvalue weighted by atomic mass is 32.2. The number of nitrogen functional groups attached to an aromatic ring is 1. The second-order valence-corrected chi connectivity index (χ2v) is 7.93. The summed E-state index contributed by atoms with van der Waals surface area (Å²) in [6.45, 7) is 0.584. The number of rotatable bonds is 8. The highest BCUT2D eigenvalue weighted by molar-refractivity contribution is 8.00. The Hall–Kier alpha value is -3.21. The number of carbonyl (C=O) groups is 1. The third-order valence-corrected chi connectivity index (χ3v) is 5.44. The topological polar surface area (TPSA) is 95.1 Å². The fourth-order valence-corrected chi connectivity index (χ4v) is 3.50. The maximum atomic E-state index is 13.1. The number of thioether (sulfide) groups is 1. The van der Waals surface area contributed by atoms with Crippen LogP contribution in [0.5, 0.6) is 5.75 Å². The van der Waals surface area contributed by atoms with Crippen LogP contribution in [0.3, 0.4) is 0 Å². The zero-order chi connectivity index (χ0) is 22.5. The molecule has 0 fully saturated rings. The lowest BCUT2D eigenvalue weighted by atomic mass is 10.1. The largest absolute Gasteiger partial charge is 0.435 e. The predicted molar refractivity (Wildman–Crippen MR) is 111 cm³/mol. The second kappa shape index (κ2) is 9.73. The van der Waals surface area contributed by atoms with Crippen molar-refractivity contribution >= 4 is 17.7 Å². The van der Waals surface area contributed by atoms with Crippen LogP contribution in [0.1, 0.15) is 25.5 Å². The number of nitrogens with one attached hydrogen (secondary N) is 1. The third-order valence-electron chi connectivity index (χ3n) is 4.38. The van der Waals surface area contributed by atoms with Gasteiger partial charge in [-0.25, -0.2) is 9.07 Å². The summed E-state index contributed by atoms with van der Waals surface area (Å²) < 4.78 is 43.1. The van der Waals surface area contributed by atoms with Crippen molar-refractivity contribution in [3.63, 3.8) is 0 Å². The van der Waals surface area contributed by atoms with Crippen LogP contribution >= 0.6 is 11.8 Å². The molecule has 2 aromatic carbocycles. The van der Waals surface area contributed by atoms with Crippen molar-refractivity contribution in [3.05, 3.63) is 59.9 Å². The van der Waals surface area contributed by atoms with E-state index in [4.69, 9.17) is 5.84 Å². The zero-order valence-electron chi connectivity index (χ0n) is 16.6. The number of alkyl halides is 2. The Kier molecular flexibility index (Phi) is 7.06. The molecule has 11 heteroatoms. The van der Waals surface area contributed by atoms with Gasteiger partial charge in [0.15, 0.2) is 5.82 Å². The van der Waals surface area contributed by atoms with Gasteiger partial charge in [-0.3, -0.25) is 4.79 Å². The van der Waals surface area contributed by atoms with Crippen LogP contribution in [-0.4, -0.2) is 32.6 Å². The minimum absolute atomic E-state index is 0.0111. The fraction of sp³-hybridized carbons (Fsp3) is 0.250. The molecule has 1 aromatic heterocycles. The summed E-state index contributed by atoms with van der Waals surface area (Å²) in [6, 6.07) is 11.4. The van der Waals surface area contributed by atoms with E-state index in [1.165, 1.54) is 41.1 Å². The van der Waals surface area contributed by atoms with E-state index in [1.54, 1.807) is 26.0 Å². The zero-order valence-corrected chi connectivity index (χ0v) is 17.4. The smallest absolute Gasteiger partial charge is 0.387 e. The molecular weight excluding hydrogens is 431 g/mol. The van der Waals surface area contributed by atoms with E-state index in [-0.39, 0.29) is 23.5 Å². The molecule has 0 aliphatic rings. The normalized spacial score (nSPS) is 13.1. The highest BCUT2D eigenvalue weighted by Gasteiger charge is 2.21. The van der Waals surface area contributed by atoms with Crippen LogP contribution in [0.2, 0.25) is 0 Å². The first-order valence-electron chi connectivity index (χ1n) is 9.23. The number of aromatic nitrogens is 3. The number of carbonyl (C=O) groups excluding carboxylic acids is 1. The first-order chi connectivity index (χ1) is 14.7. The fourth-order valence-electron chi connectivity index (χ4n) is 2.72. The van der Waals surface area contributed by atoms with Gasteiger partial charge >= 0.3 is 6.61 Å². The van der Waals surface area contributed by atoms with Crippen LogP contribution in [0, 0.1) is 5.82 Å². The molecule has 31 heavy (non-hydrogen) atoms. The monoisotopic (exact) mass is 451 g/mol. The van der Waals surface area contributed by atoms with Gasteiger partial charge in [0, 0.05) is 5.56 Å². The van der Waals surface area contributed by atoms with E-state index < -0.39 is 11.9 Å². The van der Waals surface area contributed by atoms with Crippen LogP contribution in [-0.2, 0) is 4.79 Å². The molecule has 0 spiro atoms. The molecule has 0 saturated carbocycles. The Morgan fingerprint density at radius 3 is 2.35 bits per heavy atom. The lowest BCUT2D eigenvalue weighted by Gasteiger charge is -2.17. The van der Waals surface area contributed by atoms with Gasteiger partial charge in [-0.2, -0.15) is 8.78 Å². The number of amides is 1. The number of benzene rings is 2. The molecule has 1 heterocycles. The summed E-state index contributed by atoms with van der Waals surface area (Å²) in [4.78, 5) is 12.5. The molecule has 164 valence electrons. The molecule has 1 amide bonds. The second-order valence-electron chi connectivity index (χ2n) is 6.62. The van der Waals surface area contributed by atoms with Crippen LogP contribution in [0.4, 0.5) is 13.2 Å². The molecule has 7 nitrogen and oxygen atoms in total. The summed E-state index contributed by atoms with van der Waals surface area (Å²) in [7, 11) is 0. The van der Waals surface area contributed by atoms with Crippen molar-refractivity contribution in [2.75, 3.05) is 5.84 Å². The standard InChI is InChI=1S/C20H20F3N5O2S/c1-11(13-3-7-15(21)8-4-13)25-18(29)12(2)31-20-27-26-17(28(20)24)14-5-9-16(10-6-14)30-19(22)23/h3-12,19H,24H2,1-2H3,(H,25,29). The van der Waals surface area contributed by atoms with Crippen LogP contribution in [0.15, 0.2) is 53.7 Å². The summed E-state index contributed by atoms with van der Waals surface area (Å²) in [5.41, 5.74) is 1.32. The Morgan fingerprint density at radius 2 is 1.74 bits per heavy atom. The van der Waals surface area contributed by atoms with E-state index in [1.807, 2.05) is 0 Å². The van der Waals surface area contributed by atoms with Gasteiger partial charge in [-0.15, -0.1) is 10.2 Å². The average molecular weight is 451 g/mol. The average Bonchev–Trinajstić information content (AvgIpc) is 3.08. The summed E-state index contributed by atoms with van der Waals surface area (Å²) in [5, 5.41) is 10.7. The highest BCUT2D eigenvalue weighted by Crippen LogP contribution is 2.27. The van der Waals surface area contributed by atoms with E-state index in [0.29, 0.717) is 16.5 Å². The number of hydrogen-bond donors (Lipinski definition) is 2. The maximum absolute atomic E-state index is 13.1. The summed E-state index contributed by atoms with van der Waals surface area (Å²) >= 11 is 1.11. The number of nitrogens with two attached hydrogens (primary N) is 1. The Balaban J connectivity index is 1.64. The third kappa shape index (κ3) is 5.69. The van der Waals surface area contributed by atoms with Crippen molar-refractivity contribution in [1.29, 1.82) is 0 Å². The number of nitrogens with zero attached hydrogens (tertiary/aromatic N) is 3. The van der Waals surface area contributed by atoms with Gasteiger partial charge < -0.3 is 15.9 Å². The Labute approximate surface area is 180 Å². The molecule has 3 rings (SSSR count). The van der Waals surface area contributed by atoms with Crippen LogP contribution < -0.4 is 15.9 Å². The van der Waals surface area contributed by atoms with Gasteiger partial charge in [0.25, 0.3) is 0 Å². The summed E-state index contributed by atoms with van der Waals surface area (Å²) in [5.74, 6) is 5.78.